The molecule has 4 aromatic heterocycles. The molecular formula is C32H29N7O. The van der Waals surface area contributed by atoms with E-state index in [4.69, 9.17) is 24.6 Å². The third-order valence-corrected chi connectivity index (χ3v) is 8.13. The van der Waals surface area contributed by atoms with Gasteiger partial charge in [0.2, 0.25) is 0 Å². The molecule has 0 fully saturated rings. The minimum Gasteiger partial charge on any atom is -0.456 e. The Hall–Kier alpha value is -4.72. The van der Waals surface area contributed by atoms with Crippen LogP contribution in [0.3, 0.4) is 0 Å². The van der Waals surface area contributed by atoms with Crippen molar-refractivity contribution in [2.75, 3.05) is 0 Å². The highest BCUT2D eigenvalue weighted by molar-refractivity contribution is 6.05. The molecule has 8 nitrogen and oxygen atoms in total. The fourth-order valence-electron chi connectivity index (χ4n) is 6.04. The van der Waals surface area contributed by atoms with Crippen molar-refractivity contribution in [2.24, 2.45) is 0 Å². The lowest BCUT2D eigenvalue weighted by atomic mass is 10.1. The molecule has 0 bridgehead atoms. The highest BCUT2D eigenvalue weighted by Crippen LogP contribution is 2.34. The standard InChI is InChI=1S/C32H29N7O/c1-18(2)31-34-25-14-12-22(39-35-26-9-7-11-30-33-19(3)20(4)37(30)32(26)36-39)17-27(25)38(31)21-13-15-29-24(16-21)23-8-5-6-10-28(23)40-29/h5-6,8,10,12-18H,7,9,11H2,1-4H3. The topological polar surface area (TPSA) is 79.5 Å². The molecule has 1 aliphatic rings. The van der Waals surface area contributed by atoms with E-state index in [0.29, 0.717) is 0 Å². The van der Waals surface area contributed by atoms with Crippen LogP contribution in [0.2, 0.25) is 0 Å². The Morgan fingerprint density at radius 3 is 2.50 bits per heavy atom. The summed E-state index contributed by atoms with van der Waals surface area (Å²) in [4.78, 5) is 11.6. The number of benzene rings is 3. The number of hydrogen-bond acceptors (Lipinski definition) is 5. The maximum Gasteiger partial charge on any atom is 0.184 e. The summed E-state index contributed by atoms with van der Waals surface area (Å²) in [5, 5.41) is 12.2. The van der Waals surface area contributed by atoms with Crippen LogP contribution in [-0.2, 0) is 12.8 Å². The van der Waals surface area contributed by atoms with Crippen LogP contribution in [0.5, 0.6) is 0 Å². The summed E-state index contributed by atoms with van der Waals surface area (Å²) in [6.07, 6.45) is 2.83. The molecule has 3 aromatic carbocycles. The molecule has 0 radical (unpaired) electrons. The van der Waals surface area contributed by atoms with Gasteiger partial charge >= 0.3 is 0 Å². The van der Waals surface area contributed by atoms with Crippen molar-refractivity contribution < 1.29 is 4.42 Å². The highest BCUT2D eigenvalue weighted by atomic mass is 16.3. The number of aromatic nitrogens is 7. The number of imidazole rings is 2. The molecule has 0 amide bonds. The largest absolute Gasteiger partial charge is 0.456 e. The summed E-state index contributed by atoms with van der Waals surface area (Å²) in [6.45, 7) is 8.54. The van der Waals surface area contributed by atoms with Gasteiger partial charge in [-0.25, -0.2) is 9.97 Å². The van der Waals surface area contributed by atoms with Crippen LogP contribution in [0, 0.1) is 13.8 Å². The molecule has 0 atom stereocenters. The molecule has 0 saturated carbocycles. The van der Waals surface area contributed by atoms with Crippen molar-refractivity contribution >= 4 is 33.0 Å². The van der Waals surface area contributed by atoms with E-state index in [2.05, 4.69) is 85.4 Å². The number of para-hydroxylation sites is 1. The van der Waals surface area contributed by atoms with Crippen molar-refractivity contribution in [2.45, 2.75) is 52.9 Å². The van der Waals surface area contributed by atoms with Crippen LogP contribution >= 0.6 is 0 Å². The smallest absolute Gasteiger partial charge is 0.184 e. The van der Waals surface area contributed by atoms with Crippen molar-refractivity contribution in [1.82, 2.24) is 34.1 Å². The molecule has 5 heterocycles. The van der Waals surface area contributed by atoms with Gasteiger partial charge in [-0.2, -0.15) is 5.10 Å². The average Bonchev–Trinajstić information content (AvgIpc) is 3.68. The summed E-state index contributed by atoms with van der Waals surface area (Å²) in [5.41, 5.74) is 8.89. The van der Waals surface area contributed by atoms with Gasteiger partial charge in [-0.15, -0.1) is 9.90 Å². The van der Waals surface area contributed by atoms with Gasteiger partial charge in [0.15, 0.2) is 5.82 Å². The summed E-state index contributed by atoms with van der Waals surface area (Å²) >= 11 is 0. The Labute approximate surface area is 230 Å². The normalized spacial score (nSPS) is 13.4. The molecule has 8 heteroatoms. The SMILES string of the molecule is Cc1nc2n(c1C)-c1nn(-c3ccc4nc(C(C)C)n(-c5ccc6oc7ccccc7c6c5)c4c3)nc1CCC2. The molecule has 0 saturated heterocycles. The number of furan rings is 1. The van der Waals surface area contributed by atoms with E-state index in [-0.39, 0.29) is 5.92 Å². The van der Waals surface area contributed by atoms with Gasteiger partial charge in [0, 0.05) is 34.5 Å². The van der Waals surface area contributed by atoms with E-state index in [0.717, 1.165) is 98.2 Å². The molecule has 0 unspecified atom stereocenters. The maximum atomic E-state index is 6.10. The predicted molar refractivity (Wildman–Crippen MR) is 156 cm³/mol. The molecule has 8 rings (SSSR count). The van der Waals surface area contributed by atoms with Crippen LogP contribution in [-0.4, -0.2) is 34.1 Å². The molecule has 40 heavy (non-hydrogen) atoms. The molecule has 198 valence electrons. The first-order valence-corrected chi connectivity index (χ1v) is 13.9. The van der Waals surface area contributed by atoms with E-state index in [1.165, 1.54) is 0 Å². The van der Waals surface area contributed by atoms with E-state index < -0.39 is 0 Å². The second-order valence-electron chi connectivity index (χ2n) is 11.1. The van der Waals surface area contributed by atoms with Crippen LogP contribution in [0.1, 0.15) is 54.9 Å². The molecule has 1 aliphatic heterocycles. The van der Waals surface area contributed by atoms with Crippen molar-refractivity contribution in [3.8, 4) is 17.2 Å². The van der Waals surface area contributed by atoms with Gasteiger partial charge in [-0.1, -0.05) is 32.0 Å². The third-order valence-electron chi connectivity index (χ3n) is 8.13. The van der Waals surface area contributed by atoms with Crippen molar-refractivity contribution in [3.63, 3.8) is 0 Å². The Bertz CT molecular complexity index is 2100. The minimum absolute atomic E-state index is 0.234. The van der Waals surface area contributed by atoms with E-state index in [1.807, 2.05) is 12.1 Å². The lowest BCUT2D eigenvalue weighted by Gasteiger charge is -2.12. The number of rotatable bonds is 3. The van der Waals surface area contributed by atoms with E-state index >= 15 is 0 Å². The van der Waals surface area contributed by atoms with Crippen LogP contribution in [0.15, 0.2) is 65.1 Å². The summed E-state index contributed by atoms with van der Waals surface area (Å²) in [7, 11) is 0. The number of fused-ring (bicyclic) bond motifs is 7. The quantitative estimate of drug-likeness (QED) is 0.249. The number of nitrogens with zero attached hydrogens (tertiary/aromatic N) is 7. The van der Waals surface area contributed by atoms with Crippen LogP contribution < -0.4 is 0 Å². The minimum atomic E-state index is 0.234. The van der Waals surface area contributed by atoms with Gasteiger partial charge in [0.05, 0.1) is 22.4 Å². The third kappa shape index (κ3) is 3.31. The zero-order chi connectivity index (χ0) is 27.1. The summed E-state index contributed by atoms with van der Waals surface area (Å²) in [6, 6.07) is 20.9. The monoisotopic (exact) mass is 527 g/mol. The fraction of sp³-hybridized carbons (Fsp3) is 0.250. The Morgan fingerprint density at radius 2 is 1.62 bits per heavy atom. The van der Waals surface area contributed by atoms with Gasteiger partial charge in [0.25, 0.3) is 0 Å². The van der Waals surface area contributed by atoms with Gasteiger partial charge in [0.1, 0.15) is 28.5 Å². The maximum absolute atomic E-state index is 6.10. The molecule has 0 spiro atoms. The molecule has 0 N–H and O–H groups in total. The Balaban J connectivity index is 1.31. The first kappa shape index (κ1) is 23.2. The summed E-state index contributed by atoms with van der Waals surface area (Å²) < 4.78 is 10.5. The molecular weight excluding hydrogens is 498 g/mol. The van der Waals surface area contributed by atoms with Gasteiger partial charge in [-0.05, 0) is 69.2 Å². The zero-order valence-electron chi connectivity index (χ0n) is 23.0. The second kappa shape index (κ2) is 8.39. The zero-order valence-corrected chi connectivity index (χ0v) is 23.0. The average molecular weight is 528 g/mol. The van der Waals surface area contributed by atoms with Crippen molar-refractivity contribution in [3.05, 3.63) is 89.4 Å². The Kier molecular flexibility index (Phi) is 4.86. The fourth-order valence-corrected chi connectivity index (χ4v) is 6.04. The summed E-state index contributed by atoms with van der Waals surface area (Å²) in [5.74, 6) is 3.20. The van der Waals surface area contributed by atoms with E-state index in [9.17, 15) is 0 Å². The van der Waals surface area contributed by atoms with Gasteiger partial charge < -0.3 is 4.42 Å². The van der Waals surface area contributed by atoms with Crippen LogP contribution in [0.25, 0.3) is 50.2 Å². The first-order chi connectivity index (χ1) is 19.5. The number of hydrogen-bond donors (Lipinski definition) is 0. The number of aryl methyl sites for hydroxylation is 3. The molecule has 0 aliphatic carbocycles. The lowest BCUT2D eigenvalue weighted by molar-refractivity contribution is 0.668. The lowest BCUT2D eigenvalue weighted by Crippen LogP contribution is -2.05. The van der Waals surface area contributed by atoms with Crippen molar-refractivity contribution in [1.29, 1.82) is 0 Å². The first-order valence-electron chi connectivity index (χ1n) is 13.9. The molecule has 7 aromatic rings. The Morgan fingerprint density at radius 1 is 0.800 bits per heavy atom. The van der Waals surface area contributed by atoms with Crippen LogP contribution in [0.4, 0.5) is 0 Å². The highest BCUT2D eigenvalue weighted by Gasteiger charge is 2.24. The van der Waals surface area contributed by atoms with Gasteiger partial charge in [-0.3, -0.25) is 9.13 Å². The predicted octanol–water partition coefficient (Wildman–Crippen LogP) is 6.92. The van der Waals surface area contributed by atoms with E-state index in [1.54, 1.807) is 4.80 Å². The second-order valence-corrected chi connectivity index (χ2v) is 11.1.